The second-order valence-electron chi connectivity index (χ2n) is 6.35. The van der Waals surface area contributed by atoms with E-state index in [0.29, 0.717) is 17.8 Å². The summed E-state index contributed by atoms with van der Waals surface area (Å²) >= 11 is 0. The second-order valence-corrected chi connectivity index (χ2v) is 6.35. The number of aryl methyl sites for hydroxylation is 1. The van der Waals surface area contributed by atoms with Gasteiger partial charge in [-0.2, -0.15) is 0 Å². The van der Waals surface area contributed by atoms with Gasteiger partial charge in [0.2, 0.25) is 0 Å². The van der Waals surface area contributed by atoms with E-state index in [-0.39, 0.29) is 6.10 Å². The third-order valence-electron chi connectivity index (χ3n) is 4.52. The Morgan fingerprint density at radius 2 is 2.05 bits per heavy atom. The first kappa shape index (κ1) is 12.9. The molecule has 1 N–H and O–H groups in total. The highest BCUT2D eigenvalue weighted by Gasteiger charge is 2.42. The van der Waals surface area contributed by atoms with Crippen molar-refractivity contribution >= 4 is 5.82 Å². The van der Waals surface area contributed by atoms with E-state index in [0.717, 1.165) is 43.3 Å². The first-order valence-corrected chi connectivity index (χ1v) is 7.33. The predicted molar refractivity (Wildman–Crippen MR) is 75.3 cm³/mol. The van der Waals surface area contributed by atoms with Crippen molar-refractivity contribution in [1.82, 2.24) is 9.97 Å². The molecule has 3 rings (SSSR count). The van der Waals surface area contributed by atoms with Crippen molar-refractivity contribution in [2.75, 3.05) is 18.0 Å². The molecule has 0 bridgehead atoms. The maximum Gasteiger partial charge on any atom is 0.133 e. The zero-order valence-corrected chi connectivity index (χ0v) is 12.0. The van der Waals surface area contributed by atoms with Gasteiger partial charge in [0.25, 0.3) is 0 Å². The van der Waals surface area contributed by atoms with Crippen LogP contribution in [0.15, 0.2) is 6.07 Å². The van der Waals surface area contributed by atoms with Crippen LogP contribution in [0.2, 0.25) is 0 Å². The zero-order chi connectivity index (χ0) is 13.6. The standard InChI is InChI=1S/C15H23N3O/c1-9(2)15-16-10(3)6-14(17-15)18-7-11-4-5-13(19)12(11)8-18/h6,9,11-13,19H,4-5,7-8H2,1-3H3. The van der Waals surface area contributed by atoms with Crippen LogP contribution in [-0.2, 0) is 0 Å². The Morgan fingerprint density at radius 3 is 2.74 bits per heavy atom. The molecule has 104 valence electrons. The van der Waals surface area contributed by atoms with Gasteiger partial charge in [-0.3, -0.25) is 0 Å². The van der Waals surface area contributed by atoms with Gasteiger partial charge in [-0.15, -0.1) is 0 Å². The van der Waals surface area contributed by atoms with Crippen LogP contribution in [0.4, 0.5) is 5.82 Å². The summed E-state index contributed by atoms with van der Waals surface area (Å²) in [6.07, 6.45) is 2.02. The number of aromatic nitrogens is 2. The van der Waals surface area contributed by atoms with Crippen LogP contribution in [0, 0.1) is 18.8 Å². The summed E-state index contributed by atoms with van der Waals surface area (Å²) in [6, 6.07) is 2.07. The molecule has 2 aliphatic rings. The van der Waals surface area contributed by atoms with Gasteiger partial charge >= 0.3 is 0 Å². The van der Waals surface area contributed by atoms with E-state index in [1.165, 1.54) is 0 Å². The molecule has 0 amide bonds. The summed E-state index contributed by atoms with van der Waals surface area (Å²) in [6.45, 7) is 8.26. The first-order chi connectivity index (χ1) is 9.04. The predicted octanol–water partition coefficient (Wildman–Crippen LogP) is 2.12. The van der Waals surface area contributed by atoms with Crippen molar-refractivity contribution in [2.45, 2.75) is 45.6 Å². The lowest BCUT2D eigenvalue weighted by atomic mass is 10.00. The van der Waals surface area contributed by atoms with Gasteiger partial charge in [-0.05, 0) is 25.7 Å². The van der Waals surface area contributed by atoms with Gasteiger partial charge in [0, 0.05) is 36.7 Å². The molecule has 4 nitrogen and oxygen atoms in total. The molecule has 1 aliphatic carbocycles. The van der Waals surface area contributed by atoms with Crippen molar-refractivity contribution in [3.05, 3.63) is 17.6 Å². The summed E-state index contributed by atoms with van der Waals surface area (Å²) in [5.74, 6) is 3.40. The maximum absolute atomic E-state index is 10.0. The monoisotopic (exact) mass is 261 g/mol. The molecule has 1 aromatic heterocycles. The fourth-order valence-electron chi connectivity index (χ4n) is 3.42. The first-order valence-electron chi connectivity index (χ1n) is 7.33. The minimum absolute atomic E-state index is 0.109. The maximum atomic E-state index is 10.0. The molecule has 3 unspecified atom stereocenters. The van der Waals surface area contributed by atoms with Crippen LogP contribution in [0.3, 0.4) is 0 Å². The van der Waals surface area contributed by atoms with Crippen molar-refractivity contribution in [3.8, 4) is 0 Å². The van der Waals surface area contributed by atoms with Crippen LogP contribution in [-0.4, -0.2) is 34.3 Å². The molecule has 2 fully saturated rings. The topological polar surface area (TPSA) is 49.2 Å². The zero-order valence-electron chi connectivity index (χ0n) is 12.0. The highest BCUT2D eigenvalue weighted by molar-refractivity contribution is 5.42. The Morgan fingerprint density at radius 1 is 1.26 bits per heavy atom. The lowest BCUT2D eigenvalue weighted by Crippen LogP contribution is -2.25. The van der Waals surface area contributed by atoms with Gasteiger partial charge in [0.15, 0.2) is 0 Å². The van der Waals surface area contributed by atoms with Crippen LogP contribution in [0.5, 0.6) is 0 Å². The molecule has 3 atom stereocenters. The quantitative estimate of drug-likeness (QED) is 0.886. The third kappa shape index (κ3) is 2.34. The molecule has 1 saturated carbocycles. The van der Waals surface area contributed by atoms with E-state index in [4.69, 9.17) is 4.98 Å². The van der Waals surface area contributed by atoms with Crippen LogP contribution >= 0.6 is 0 Å². The fourth-order valence-corrected chi connectivity index (χ4v) is 3.42. The molecule has 0 radical (unpaired) electrons. The summed E-state index contributed by atoms with van der Waals surface area (Å²) in [4.78, 5) is 11.5. The minimum atomic E-state index is -0.109. The fraction of sp³-hybridized carbons (Fsp3) is 0.733. The lowest BCUT2D eigenvalue weighted by molar-refractivity contribution is 0.133. The smallest absolute Gasteiger partial charge is 0.133 e. The van der Waals surface area contributed by atoms with Crippen LogP contribution < -0.4 is 4.90 Å². The number of rotatable bonds is 2. The van der Waals surface area contributed by atoms with E-state index in [1.807, 2.05) is 6.92 Å². The van der Waals surface area contributed by atoms with Crippen LogP contribution in [0.25, 0.3) is 0 Å². The molecular formula is C15H23N3O. The molecule has 0 aromatic carbocycles. The Labute approximate surface area is 114 Å². The Balaban J connectivity index is 1.84. The average molecular weight is 261 g/mol. The van der Waals surface area contributed by atoms with Crippen molar-refractivity contribution in [1.29, 1.82) is 0 Å². The molecule has 1 aromatic rings. The van der Waals surface area contributed by atoms with E-state index in [2.05, 4.69) is 29.8 Å². The number of anilines is 1. The van der Waals surface area contributed by atoms with Crippen LogP contribution in [0.1, 0.15) is 44.1 Å². The number of hydrogen-bond donors (Lipinski definition) is 1. The third-order valence-corrected chi connectivity index (χ3v) is 4.52. The summed E-state index contributed by atoms with van der Waals surface area (Å²) < 4.78 is 0. The average Bonchev–Trinajstić information content (AvgIpc) is 2.91. The molecule has 0 spiro atoms. The Kier molecular flexibility index (Phi) is 3.21. The van der Waals surface area contributed by atoms with E-state index in [9.17, 15) is 5.11 Å². The molecule has 1 aliphatic heterocycles. The summed E-state index contributed by atoms with van der Waals surface area (Å²) in [5, 5.41) is 10.0. The largest absolute Gasteiger partial charge is 0.393 e. The van der Waals surface area contributed by atoms with Gasteiger partial charge in [-0.1, -0.05) is 13.8 Å². The number of hydrogen-bond acceptors (Lipinski definition) is 4. The van der Waals surface area contributed by atoms with E-state index >= 15 is 0 Å². The van der Waals surface area contributed by atoms with Gasteiger partial charge in [0.1, 0.15) is 11.6 Å². The molecule has 1 saturated heterocycles. The normalized spacial score (nSPS) is 30.2. The molecule has 19 heavy (non-hydrogen) atoms. The minimum Gasteiger partial charge on any atom is -0.393 e. The Bertz CT molecular complexity index is 474. The Hall–Kier alpha value is -1.16. The van der Waals surface area contributed by atoms with Gasteiger partial charge < -0.3 is 10.0 Å². The molecular weight excluding hydrogens is 238 g/mol. The molecule has 4 heteroatoms. The van der Waals surface area contributed by atoms with Gasteiger partial charge in [-0.25, -0.2) is 9.97 Å². The number of nitrogens with zero attached hydrogens (tertiary/aromatic N) is 3. The van der Waals surface area contributed by atoms with E-state index < -0.39 is 0 Å². The van der Waals surface area contributed by atoms with Crippen molar-refractivity contribution in [2.24, 2.45) is 11.8 Å². The second kappa shape index (κ2) is 4.75. The lowest BCUT2D eigenvalue weighted by Gasteiger charge is -2.21. The molecule has 2 heterocycles. The number of aliphatic hydroxyl groups is 1. The van der Waals surface area contributed by atoms with E-state index in [1.54, 1.807) is 0 Å². The summed E-state index contributed by atoms with van der Waals surface area (Å²) in [7, 11) is 0. The SMILES string of the molecule is Cc1cc(N2CC3CCC(O)C3C2)nc(C(C)C)n1. The summed E-state index contributed by atoms with van der Waals surface area (Å²) in [5.41, 5.74) is 1.03. The van der Waals surface area contributed by atoms with Crippen molar-refractivity contribution in [3.63, 3.8) is 0 Å². The van der Waals surface area contributed by atoms with Gasteiger partial charge in [0.05, 0.1) is 6.10 Å². The number of aliphatic hydroxyl groups excluding tert-OH is 1. The van der Waals surface area contributed by atoms with Crippen molar-refractivity contribution < 1.29 is 5.11 Å². The number of fused-ring (bicyclic) bond motifs is 1. The highest BCUT2D eigenvalue weighted by atomic mass is 16.3. The highest BCUT2D eigenvalue weighted by Crippen LogP contribution is 2.39.